The number of hydrogen-bond donors (Lipinski definition) is 0. The standard InChI is InChI=1S/C9H9ClO2S/c1-6-4-3-5-7(13-10)8(6)9(11)12-2/h3-5H,1-2H3. The quantitative estimate of drug-likeness (QED) is 0.711. The minimum absolute atomic E-state index is 0.346. The monoisotopic (exact) mass is 216 g/mol. The Morgan fingerprint density at radius 1 is 1.54 bits per heavy atom. The van der Waals surface area contributed by atoms with Crippen molar-refractivity contribution in [3.8, 4) is 0 Å². The third-order valence-corrected chi connectivity index (χ3v) is 2.71. The maximum absolute atomic E-state index is 11.3. The maximum Gasteiger partial charge on any atom is 0.339 e. The minimum Gasteiger partial charge on any atom is -0.465 e. The number of halogens is 1. The van der Waals surface area contributed by atoms with Crippen LogP contribution in [0.1, 0.15) is 15.9 Å². The number of aryl methyl sites for hydroxylation is 1. The maximum atomic E-state index is 11.3. The van der Waals surface area contributed by atoms with Gasteiger partial charge in [-0.1, -0.05) is 12.1 Å². The van der Waals surface area contributed by atoms with E-state index in [9.17, 15) is 4.79 Å². The molecule has 0 amide bonds. The topological polar surface area (TPSA) is 26.3 Å². The van der Waals surface area contributed by atoms with E-state index in [0.29, 0.717) is 5.56 Å². The van der Waals surface area contributed by atoms with Crippen LogP contribution in [0.4, 0.5) is 0 Å². The van der Waals surface area contributed by atoms with Crippen molar-refractivity contribution in [3.63, 3.8) is 0 Å². The zero-order valence-electron chi connectivity index (χ0n) is 7.33. The zero-order valence-corrected chi connectivity index (χ0v) is 8.91. The number of carbonyl (C=O) groups excluding carboxylic acids is 1. The van der Waals surface area contributed by atoms with Crippen molar-refractivity contribution in [3.05, 3.63) is 29.3 Å². The normalized spacial score (nSPS) is 9.77. The number of benzene rings is 1. The van der Waals surface area contributed by atoms with Crippen LogP contribution in [0.5, 0.6) is 0 Å². The fourth-order valence-electron chi connectivity index (χ4n) is 1.07. The molecule has 0 heterocycles. The molecule has 13 heavy (non-hydrogen) atoms. The summed E-state index contributed by atoms with van der Waals surface area (Å²) in [6, 6.07) is 5.49. The molecule has 0 aliphatic carbocycles. The molecule has 0 fully saturated rings. The van der Waals surface area contributed by atoms with Crippen LogP contribution in [0.3, 0.4) is 0 Å². The smallest absolute Gasteiger partial charge is 0.339 e. The first-order valence-corrected chi connectivity index (χ1v) is 5.31. The summed E-state index contributed by atoms with van der Waals surface area (Å²) < 4.78 is 4.65. The Morgan fingerprint density at radius 2 is 2.23 bits per heavy atom. The molecule has 0 aliphatic rings. The molecule has 70 valence electrons. The average molecular weight is 217 g/mol. The minimum atomic E-state index is -0.346. The van der Waals surface area contributed by atoms with Crippen LogP contribution in [0.2, 0.25) is 0 Å². The third kappa shape index (κ3) is 2.17. The Balaban J connectivity index is 3.22. The van der Waals surface area contributed by atoms with Gasteiger partial charge in [0.2, 0.25) is 0 Å². The molecule has 0 saturated heterocycles. The van der Waals surface area contributed by atoms with E-state index in [1.807, 2.05) is 19.1 Å². The second-order valence-corrected chi connectivity index (χ2v) is 3.57. The van der Waals surface area contributed by atoms with Crippen molar-refractivity contribution in [2.75, 3.05) is 7.11 Å². The first-order chi connectivity index (χ1) is 6.20. The van der Waals surface area contributed by atoms with Crippen molar-refractivity contribution in [2.45, 2.75) is 11.8 Å². The number of esters is 1. The molecule has 0 unspecified atom stereocenters. The van der Waals surface area contributed by atoms with Gasteiger partial charge in [-0.3, -0.25) is 0 Å². The molecule has 0 spiro atoms. The van der Waals surface area contributed by atoms with Crippen LogP contribution in [0, 0.1) is 6.92 Å². The summed E-state index contributed by atoms with van der Waals surface area (Å²) in [6.07, 6.45) is 0. The van der Waals surface area contributed by atoms with Gasteiger partial charge in [0, 0.05) is 4.90 Å². The second kappa shape index (κ2) is 4.53. The lowest BCUT2D eigenvalue weighted by atomic mass is 10.1. The molecule has 0 radical (unpaired) electrons. The summed E-state index contributed by atoms with van der Waals surface area (Å²) in [6.45, 7) is 1.85. The fourth-order valence-corrected chi connectivity index (χ4v) is 1.91. The molecule has 1 aromatic carbocycles. The van der Waals surface area contributed by atoms with Gasteiger partial charge < -0.3 is 4.74 Å². The Kier molecular flexibility index (Phi) is 3.63. The highest BCUT2D eigenvalue weighted by Gasteiger charge is 2.13. The van der Waals surface area contributed by atoms with Crippen molar-refractivity contribution in [1.29, 1.82) is 0 Å². The van der Waals surface area contributed by atoms with Crippen molar-refractivity contribution in [2.24, 2.45) is 0 Å². The number of carbonyl (C=O) groups is 1. The first-order valence-electron chi connectivity index (χ1n) is 3.67. The molecule has 1 aromatic rings. The predicted octanol–water partition coefficient (Wildman–Crippen LogP) is 3.03. The Hall–Kier alpha value is -0.670. The molecule has 4 heteroatoms. The van der Waals surface area contributed by atoms with Gasteiger partial charge in [-0.05, 0) is 40.2 Å². The summed E-state index contributed by atoms with van der Waals surface area (Å²) in [5, 5.41) is 0. The van der Waals surface area contributed by atoms with E-state index in [1.54, 1.807) is 6.07 Å². The largest absolute Gasteiger partial charge is 0.465 e. The van der Waals surface area contributed by atoms with E-state index in [2.05, 4.69) is 4.74 Å². The van der Waals surface area contributed by atoms with E-state index in [1.165, 1.54) is 7.11 Å². The summed E-state index contributed by atoms with van der Waals surface area (Å²) in [5.74, 6) is -0.346. The Morgan fingerprint density at radius 3 is 2.77 bits per heavy atom. The third-order valence-electron chi connectivity index (χ3n) is 1.71. The summed E-state index contributed by atoms with van der Waals surface area (Å²) in [5.41, 5.74) is 1.42. The number of methoxy groups -OCH3 is 1. The van der Waals surface area contributed by atoms with Crippen molar-refractivity contribution >= 4 is 27.6 Å². The van der Waals surface area contributed by atoms with E-state index >= 15 is 0 Å². The SMILES string of the molecule is COC(=O)c1c(C)cccc1SCl. The fraction of sp³-hybridized carbons (Fsp3) is 0.222. The van der Waals surface area contributed by atoms with E-state index in [-0.39, 0.29) is 5.97 Å². The predicted molar refractivity (Wildman–Crippen MR) is 54.2 cm³/mol. The molecule has 0 atom stereocenters. The van der Waals surface area contributed by atoms with Crippen LogP contribution in [0.15, 0.2) is 23.1 Å². The van der Waals surface area contributed by atoms with Gasteiger partial charge in [-0.25, -0.2) is 4.79 Å². The molecule has 0 aromatic heterocycles. The van der Waals surface area contributed by atoms with E-state index in [4.69, 9.17) is 10.7 Å². The average Bonchev–Trinajstić information content (AvgIpc) is 2.16. The van der Waals surface area contributed by atoms with Gasteiger partial charge in [-0.15, -0.1) is 0 Å². The lowest BCUT2D eigenvalue weighted by molar-refractivity contribution is 0.0596. The van der Waals surface area contributed by atoms with E-state index < -0.39 is 0 Å². The number of hydrogen-bond acceptors (Lipinski definition) is 3. The van der Waals surface area contributed by atoms with Crippen LogP contribution < -0.4 is 0 Å². The molecule has 1 rings (SSSR count). The zero-order chi connectivity index (χ0) is 9.84. The first kappa shape index (κ1) is 10.4. The summed E-state index contributed by atoms with van der Waals surface area (Å²) >= 11 is 0. The number of rotatable bonds is 2. The number of ether oxygens (including phenoxy) is 1. The molecular formula is C9H9ClO2S. The van der Waals surface area contributed by atoms with Gasteiger partial charge in [0.25, 0.3) is 0 Å². The van der Waals surface area contributed by atoms with Crippen molar-refractivity contribution in [1.82, 2.24) is 0 Å². The molecule has 0 N–H and O–H groups in total. The molecule has 0 aliphatic heterocycles. The van der Waals surface area contributed by atoms with Gasteiger partial charge in [0.15, 0.2) is 0 Å². The lowest BCUT2D eigenvalue weighted by Crippen LogP contribution is -2.05. The highest BCUT2D eigenvalue weighted by atomic mass is 35.7. The summed E-state index contributed by atoms with van der Waals surface area (Å²) in [4.78, 5) is 12.0. The molecule has 2 nitrogen and oxygen atoms in total. The molecule has 0 saturated carbocycles. The molecular weight excluding hydrogens is 208 g/mol. The van der Waals surface area contributed by atoms with Crippen LogP contribution in [-0.4, -0.2) is 13.1 Å². The van der Waals surface area contributed by atoms with Crippen LogP contribution in [0.25, 0.3) is 0 Å². The van der Waals surface area contributed by atoms with Crippen molar-refractivity contribution < 1.29 is 9.53 Å². The highest BCUT2D eigenvalue weighted by Crippen LogP contribution is 2.28. The lowest BCUT2D eigenvalue weighted by Gasteiger charge is -2.06. The second-order valence-electron chi connectivity index (χ2n) is 2.52. The summed E-state index contributed by atoms with van der Waals surface area (Å²) in [7, 11) is 8.00. The van der Waals surface area contributed by atoms with Gasteiger partial charge >= 0.3 is 5.97 Å². The van der Waals surface area contributed by atoms with Gasteiger partial charge in [0.05, 0.1) is 12.7 Å². The van der Waals surface area contributed by atoms with Gasteiger partial charge in [-0.2, -0.15) is 0 Å². The van der Waals surface area contributed by atoms with Crippen LogP contribution >= 0.6 is 21.7 Å². The molecule has 0 bridgehead atoms. The Labute approximate surface area is 85.7 Å². The highest BCUT2D eigenvalue weighted by molar-refractivity contribution is 8.21. The Bertz CT molecular complexity index is 325. The van der Waals surface area contributed by atoms with Crippen LogP contribution in [-0.2, 0) is 4.74 Å². The van der Waals surface area contributed by atoms with Gasteiger partial charge in [0.1, 0.15) is 0 Å². The van der Waals surface area contributed by atoms with E-state index in [0.717, 1.165) is 21.4 Å².